The molecule has 0 saturated carbocycles. The van der Waals surface area contributed by atoms with Gasteiger partial charge in [-0.15, -0.1) is 0 Å². The van der Waals surface area contributed by atoms with Crippen molar-refractivity contribution in [1.82, 2.24) is 15.0 Å². The highest BCUT2D eigenvalue weighted by atomic mass is 35.5. The fourth-order valence-corrected chi connectivity index (χ4v) is 2.86. The van der Waals surface area contributed by atoms with Gasteiger partial charge >= 0.3 is 0 Å². The second kappa shape index (κ2) is 8.60. The van der Waals surface area contributed by atoms with Crippen molar-refractivity contribution in [3.05, 3.63) is 52.0 Å². The number of nitrogens with one attached hydrogen (secondary N) is 1. The van der Waals surface area contributed by atoms with E-state index in [0.717, 1.165) is 0 Å². The van der Waals surface area contributed by atoms with Crippen LogP contribution in [0, 0.1) is 0 Å². The number of rotatable bonds is 7. The minimum atomic E-state index is -2.71. The van der Waals surface area contributed by atoms with Crippen LogP contribution in [0.2, 0.25) is 10.4 Å². The molecular formula is C17H14Cl2F2N4O2. The number of alkyl halides is 2. The number of aromatic nitrogens is 3. The van der Waals surface area contributed by atoms with Crippen molar-refractivity contribution >= 4 is 39.9 Å². The van der Waals surface area contributed by atoms with E-state index in [2.05, 4.69) is 20.3 Å². The predicted octanol–water partition coefficient (Wildman–Crippen LogP) is 4.25. The minimum Gasteiger partial charge on any atom is -0.490 e. The largest absolute Gasteiger partial charge is 0.490 e. The summed E-state index contributed by atoms with van der Waals surface area (Å²) < 4.78 is 31.9. The van der Waals surface area contributed by atoms with Crippen LogP contribution in [0.25, 0.3) is 10.9 Å². The van der Waals surface area contributed by atoms with Gasteiger partial charge in [-0.2, -0.15) is 0 Å². The number of halogens is 4. The third-order valence-electron chi connectivity index (χ3n) is 3.67. The van der Waals surface area contributed by atoms with Gasteiger partial charge in [-0.3, -0.25) is 0 Å². The summed E-state index contributed by atoms with van der Waals surface area (Å²) in [5.74, 6) is 0.406. The molecule has 0 radical (unpaired) electrons. The number of anilines is 1. The van der Waals surface area contributed by atoms with Crippen molar-refractivity contribution in [3.63, 3.8) is 0 Å². The molecule has 0 saturated heterocycles. The number of hydrogen-bond donors (Lipinski definition) is 2. The quantitative estimate of drug-likeness (QED) is 0.444. The average molecular weight is 415 g/mol. The molecule has 2 N–H and O–H groups in total. The number of aliphatic hydroxyl groups excluding tert-OH is 1. The lowest BCUT2D eigenvalue weighted by Gasteiger charge is -2.16. The number of ether oxygens (including phenoxy) is 1. The van der Waals surface area contributed by atoms with Crippen LogP contribution in [0.15, 0.2) is 30.5 Å². The summed E-state index contributed by atoms with van der Waals surface area (Å²) in [7, 11) is 0. The number of aliphatic hydroxyl groups is 1. The molecule has 2 aromatic heterocycles. The number of hydrogen-bond acceptors (Lipinski definition) is 6. The SMILES string of the molecule is OCCOc1c(CNc2nc(Cl)nc3cnc(Cl)cc23)cccc1C(F)F. The molecule has 3 aromatic rings. The summed E-state index contributed by atoms with van der Waals surface area (Å²) in [6, 6.07) is 6.01. The third-order valence-corrected chi connectivity index (χ3v) is 4.04. The van der Waals surface area contributed by atoms with Gasteiger partial charge < -0.3 is 15.2 Å². The Morgan fingerprint density at radius 1 is 1.22 bits per heavy atom. The lowest BCUT2D eigenvalue weighted by molar-refractivity contribution is 0.140. The maximum atomic E-state index is 13.3. The molecule has 0 amide bonds. The van der Waals surface area contributed by atoms with E-state index in [4.69, 9.17) is 33.0 Å². The van der Waals surface area contributed by atoms with Crippen molar-refractivity contribution in [1.29, 1.82) is 0 Å². The molecule has 0 aliphatic heterocycles. The second-order valence-electron chi connectivity index (χ2n) is 5.43. The summed E-state index contributed by atoms with van der Waals surface area (Å²) in [6.45, 7) is -0.258. The minimum absolute atomic E-state index is 0.00667. The molecule has 0 atom stereocenters. The molecular weight excluding hydrogens is 401 g/mol. The van der Waals surface area contributed by atoms with Gasteiger partial charge in [0.1, 0.15) is 23.3 Å². The number of fused-ring (bicyclic) bond motifs is 1. The van der Waals surface area contributed by atoms with Crippen LogP contribution in [0.4, 0.5) is 14.6 Å². The van der Waals surface area contributed by atoms with Gasteiger partial charge in [0.2, 0.25) is 5.28 Å². The van der Waals surface area contributed by atoms with Gasteiger partial charge in [0.25, 0.3) is 6.43 Å². The Kier molecular flexibility index (Phi) is 6.20. The lowest BCUT2D eigenvalue weighted by atomic mass is 10.1. The number of pyridine rings is 1. The number of para-hydroxylation sites is 1. The van der Waals surface area contributed by atoms with Gasteiger partial charge in [-0.1, -0.05) is 23.7 Å². The molecule has 0 spiro atoms. The van der Waals surface area contributed by atoms with Crippen molar-refractivity contribution in [3.8, 4) is 5.75 Å². The van der Waals surface area contributed by atoms with Crippen LogP contribution >= 0.6 is 23.2 Å². The monoisotopic (exact) mass is 414 g/mol. The molecule has 10 heteroatoms. The second-order valence-corrected chi connectivity index (χ2v) is 6.15. The molecule has 27 heavy (non-hydrogen) atoms. The molecule has 0 fully saturated rings. The summed E-state index contributed by atoms with van der Waals surface area (Å²) in [4.78, 5) is 12.2. The first-order valence-electron chi connectivity index (χ1n) is 7.86. The third kappa shape index (κ3) is 4.52. The molecule has 0 bridgehead atoms. The van der Waals surface area contributed by atoms with Crippen LogP contribution in [0.1, 0.15) is 17.6 Å². The van der Waals surface area contributed by atoms with Crippen LogP contribution in [0.5, 0.6) is 5.75 Å². The molecule has 1 aromatic carbocycles. The van der Waals surface area contributed by atoms with Gasteiger partial charge in [0, 0.05) is 17.5 Å². The number of nitrogens with zero attached hydrogens (tertiary/aromatic N) is 3. The van der Waals surface area contributed by atoms with E-state index in [1.807, 2.05) is 0 Å². The Morgan fingerprint density at radius 3 is 2.78 bits per heavy atom. The molecule has 0 aliphatic carbocycles. The van der Waals surface area contributed by atoms with E-state index >= 15 is 0 Å². The van der Waals surface area contributed by atoms with E-state index in [1.54, 1.807) is 12.1 Å². The van der Waals surface area contributed by atoms with E-state index < -0.39 is 6.43 Å². The van der Waals surface area contributed by atoms with Crippen molar-refractivity contribution in [2.45, 2.75) is 13.0 Å². The summed E-state index contributed by atoms with van der Waals surface area (Å²) in [5.41, 5.74) is 0.713. The Morgan fingerprint density at radius 2 is 2.04 bits per heavy atom. The van der Waals surface area contributed by atoms with Crippen molar-refractivity contribution in [2.75, 3.05) is 18.5 Å². The fraction of sp³-hybridized carbons (Fsp3) is 0.235. The van der Waals surface area contributed by atoms with Crippen LogP contribution in [-0.2, 0) is 6.54 Å². The summed E-state index contributed by atoms with van der Waals surface area (Å²) in [6.07, 6.45) is -1.25. The molecule has 6 nitrogen and oxygen atoms in total. The van der Waals surface area contributed by atoms with Crippen LogP contribution in [-0.4, -0.2) is 33.3 Å². The molecule has 0 unspecified atom stereocenters. The Hall–Kier alpha value is -2.29. The van der Waals surface area contributed by atoms with Gasteiger partial charge in [-0.05, 0) is 23.7 Å². The van der Waals surface area contributed by atoms with Gasteiger partial charge in [0.15, 0.2) is 0 Å². The van der Waals surface area contributed by atoms with E-state index in [1.165, 1.54) is 18.3 Å². The predicted molar refractivity (Wildman–Crippen MR) is 98.7 cm³/mol. The van der Waals surface area contributed by atoms with Crippen LogP contribution < -0.4 is 10.1 Å². The molecule has 3 rings (SSSR count). The van der Waals surface area contributed by atoms with Crippen LogP contribution in [0.3, 0.4) is 0 Å². The average Bonchev–Trinajstić information content (AvgIpc) is 2.64. The van der Waals surface area contributed by atoms with Gasteiger partial charge in [0.05, 0.1) is 23.9 Å². The summed E-state index contributed by atoms with van der Waals surface area (Å²) >= 11 is 11.9. The first kappa shape index (κ1) is 19.5. The zero-order chi connectivity index (χ0) is 19.4. The van der Waals surface area contributed by atoms with Gasteiger partial charge in [-0.25, -0.2) is 23.7 Å². The van der Waals surface area contributed by atoms with E-state index in [9.17, 15) is 8.78 Å². The maximum Gasteiger partial charge on any atom is 0.267 e. The highest BCUT2D eigenvalue weighted by Crippen LogP contribution is 2.33. The smallest absolute Gasteiger partial charge is 0.267 e. The van der Waals surface area contributed by atoms with Crippen molar-refractivity contribution in [2.24, 2.45) is 0 Å². The van der Waals surface area contributed by atoms with E-state index in [-0.39, 0.29) is 41.5 Å². The Labute approximate surface area is 163 Å². The van der Waals surface area contributed by atoms with E-state index in [0.29, 0.717) is 22.3 Å². The maximum absolute atomic E-state index is 13.3. The topological polar surface area (TPSA) is 80.2 Å². The molecule has 0 aliphatic rings. The number of benzene rings is 1. The molecule has 2 heterocycles. The fourth-order valence-electron chi connectivity index (χ4n) is 2.53. The lowest BCUT2D eigenvalue weighted by Crippen LogP contribution is -2.10. The normalized spacial score (nSPS) is 11.2. The highest BCUT2D eigenvalue weighted by molar-refractivity contribution is 6.30. The summed E-state index contributed by atoms with van der Waals surface area (Å²) in [5, 5.41) is 12.8. The molecule has 142 valence electrons. The standard InChI is InChI=1S/C17H14Cl2F2N4O2/c18-13-6-11-12(8-22-13)24-17(19)25-16(11)23-7-9-2-1-3-10(15(20)21)14(9)27-5-4-26/h1-3,6,8,15,26H,4-5,7H2,(H,23,24,25). The first-order valence-corrected chi connectivity index (χ1v) is 8.61. The van der Waals surface area contributed by atoms with Crippen molar-refractivity contribution < 1.29 is 18.6 Å². The highest BCUT2D eigenvalue weighted by Gasteiger charge is 2.18. The zero-order valence-electron chi connectivity index (χ0n) is 13.8. The zero-order valence-corrected chi connectivity index (χ0v) is 15.3. The Bertz CT molecular complexity index is 960. The first-order chi connectivity index (χ1) is 13.0. The Balaban J connectivity index is 1.94.